The highest BCUT2D eigenvalue weighted by Crippen LogP contribution is 2.36. The van der Waals surface area contributed by atoms with Crippen LogP contribution in [0.3, 0.4) is 0 Å². The smallest absolute Gasteiger partial charge is 0.0740 e. The third-order valence-corrected chi connectivity index (χ3v) is 5.19. The van der Waals surface area contributed by atoms with Gasteiger partial charge in [-0.2, -0.15) is 0 Å². The molecule has 0 radical (unpaired) electrons. The van der Waals surface area contributed by atoms with Crippen molar-refractivity contribution >= 4 is 27.3 Å². The average Bonchev–Trinajstić information content (AvgIpc) is 2.75. The lowest BCUT2D eigenvalue weighted by molar-refractivity contribution is 1.12. The molecule has 0 saturated heterocycles. The van der Waals surface area contributed by atoms with Gasteiger partial charge in [-0.1, -0.05) is 47.1 Å². The van der Waals surface area contributed by atoms with Crippen LogP contribution in [0.25, 0.3) is 0 Å². The Morgan fingerprint density at radius 2 is 1.88 bits per heavy atom. The second kappa shape index (κ2) is 5.15. The van der Waals surface area contributed by atoms with Gasteiger partial charge >= 0.3 is 0 Å². The molecule has 2 aromatic rings. The van der Waals surface area contributed by atoms with E-state index in [9.17, 15) is 0 Å². The summed E-state index contributed by atoms with van der Waals surface area (Å²) in [6, 6.07) is 11.0. The number of rotatable bonds is 3. The SMILES string of the molecule is CCc1ccc(C(Br)c2sccc2C)cc1. The number of aryl methyl sites for hydroxylation is 2. The molecule has 0 bridgehead atoms. The van der Waals surface area contributed by atoms with Crippen LogP contribution in [0.2, 0.25) is 0 Å². The number of alkyl halides is 1. The molecule has 84 valence electrons. The molecule has 16 heavy (non-hydrogen) atoms. The zero-order valence-corrected chi connectivity index (χ0v) is 11.9. The van der Waals surface area contributed by atoms with Gasteiger partial charge in [-0.25, -0.2) is 0 Å². The van der Waals surface area contributed by atoms with Crippen LogP contribution >= 0.6 is 27.3 Å². The molecule has 0 aliphatic carbocycles. The number of thiophene rings is 1. The van der Waals surface area contributed by atoms with Gasteiger partial charge in [-0.15, -0.1) is 11.3 Å². The Morgan fingerprint density at radius 1 is 1.19 bits per heavy atom. The minimum atomic E-state index is 0.332. The minimum absolute atomic E-state index is 0.332. The maximum atomic E-state index is 3.78. The molecule has 0 aliphatic heterocycles. The molecular formula is C14H15BrS. The Balaban J connectivity index is 2.27. The van der Waals surface area contributed by atoms with Crippen molar-refractivity contribution in [3.63, 3.8) is 0 Å². The van der Waals surface area contributed by atoms with Gasteiger partial charge in [0, 0.05) is 4.88 Å². The molecule has 1 aromatic heterocycles. The van der Waals surface area contributed by atoms with Crippen molar-refractivity contribution in [2.75, 3.05) is 0 Å². The van der Waals surface area contributed by atoms with E-state index in [4.69, 9.17) is 0 Å². The standard InChI is InChI=1S/C14H15BrS/c1-3-11-4-6-12(7-5-11)13(15)14-10(2)8-9-16-14/h4-9,13H,3H2,1-2H3. The molecular weight excluding hydrogens is 280 g/mol. The fourth-order valence-corrected chi connectivity index (χ4v) is 3.64. The van der Waals surface area contributed by atoms with Crippen molar-refractivity contribution in [3.05, 3.63) is 57.3 Å². The molecule has 1 unspecified atom stereocenters. The molecule has 0 nitrogen and oxygen atoms in total. The van der Waals surface area contributed by atoms with Crippen LogP contribution in [0, 0.1) is 6.92 Å². The lowest BCUT2D eigenvalue weighted by Crippen LogP contribution is -1.92. The lowest BCUT2D eigenvalue weighted by atomic mass is 10.1. The van der Waals surface area contributed by atoms with Crippen LogP contribution < -0.4 is 0 Å². The van der Waals surface area contributed by atoms with Crippen molar-refractivity contribution in [2.24, 2.45) is 0 Å². The van der Waals surface area contributed by atoms with Crippen LogP contribution in [0.4, 0.5) is 0 Å². The Labute approximate surface area is 109 Å². The van der Waals surface area contributed by atoms with Gasteiger partial charge in [-0.3, -0.25) is 0 Å². The summed E-state index contributed by atoms with van der Waals surface area (Å²) in [6.45, 7) is 4.35. The first-order valence-corrected chi connectivity index (χ1v) is 7.28. The summed E-state index contributed by atoms with van der Waals surface area (Å²) in [7, 11) is 0. The van der Waals surface area contributed by atoms with Gasteiger partial charge in [0.05, 0.1) is 4.83 Å². The summed E-state index contributed by atoms with van der Waals surface area (Å²) in [5, 5.41) is 2.15. The summed E-state index contributed by atoms with van der Waals surface area (Å²) < 4.78 is 0. The Morgan fingerprint density at radius 3 is 2.38 bits per heavy atom. The van der Waals surface area contributed by atoms with E-state index < -0.39 is 0 Å². The third kappa shape index (κ3) is 2.38. The van der Waals surface area contributed by atoms with Crippen LogP contribution in [0.5, 0.6) is 0 Å². The van der Waals surface area contributed by atoms with Gasteiger partial charge in [0.15, 0.2) is 0 Å². The Kier molecular flexibility index (Phi) is 3.82. The van der Waals surface area contributed by atoms with E-state index in [1.165, 1.54) is 21.6 Å². The number of hydrogen-bond donors (Lipinski definition) is 0. The average molecular weight is 295 g/mol. The second-order valence-corrected chi connectivity index (χ2v) is 5.79. The molecule has 0 spiro atoms. The summed E-state index contributed by atoms with van der Waals surface area (Å²) in [5.41, 5.74) is 4.10. The Bertz CT molecular complexity index is 456. The van der Waals surface area contributed by atoms with Gasteiger partial charge in [-0.05, 0) is 41.5 Å². The van der Waals surface area contributed by atoms with Crippen LogP contribution in [-0.4, -0.2) is 0 Å². The summed E-state index contributed by atoms with van der Waals surface area (Å²) in [4.78, 5) is 1.74. The minimum Gasteiger partial charge on any atom is -0.147 e. The number of benzene rings is 1. The normalized spacial score (nSPS) is 12.7. The third-order valence-electron chi connectivity index (χ3n) is 2.81. The highest BCUT2D eigenvalue weighted by molar-refractivity contribution is 9.09. The van der Waals surface area contributed by atoms with E-state index >= 15 is 0 Å². The number of halogens is 1. The molecule has 0 aliphatic rings. The molecule has 1 heterocycles. The molecule has 2 rings (SSSR count). The van der Waals surface area contributed by atoms with E-state index in [0.29, 0.717) is 4.83 Å². The van der Waals surface area contributed by atoms with Crippen molar-refractivity contribution < 1.29 is 0 Å². The molecule has 0 saturated carbocycles. The largest absolute Gasteiger partial charge is 0.147 e. The predicted octanol–water partition coefficient (Wildman–Crippen LogP) is 5.10. The monoisotopic (exact) mass is 294 g/mol. The van der Waals surface area contributed by atoms with E-state index in [-0.39, 0.29) is 0 Å². The first-order valence-electron chi connectivity index (χ1n) is 5.49. The molecule has 2 heteroatoms. The Hall–Kier alpha value is -0.600. The van der Waals surface area contributed by atoms with Gasteiger partial charge < -0.3 is 0 Å². The van der Waals surface area contributed by atoms with Gasteiger partial charge in [0.1, 0.15) is 0 Å². The molecule has 0 N–H and O–H groups in total. The van der Waals surface area contributed by atoms with Crippen molar-refractivity contribution in [1.29, 1.82) is 0 Å². The molecule has 0 amide bonds. The first-order chi connectivity index (χ1) is 7.72. The fraction of sp³-hybridized carbons (Fsp3) is 0.286. The van der Waals surface area contributed by atoms with Crippen molar-refractivity contribution in [3.8, 4) is 0 Å². The van der Waals surface area contributed by atoms with E-state index in [0.717, 1.165) is 6.42 Å². The van der Waals surface area contributed by atoms with Crippen LogP contribution in [0.1, 0.15) is 33.3 Å². The van der Waals surface area contributed by atoms with Crippen molar-refractivity contribution in [2.45, 2.75) is 25.1 Å². The topological polar surface area (TPSA) is 0 Å². The zero-order chi connectivity index (χ0) is 11.5. The summed E-state index contributed by atoms with van der Waals surface area (Å²) >= 11 is 5.60. The summed E-state index contributed by atoms with van der Waals surface area (Å²) in [5.74, 6) is 0. The van der Waals surface area contributed by atoms with E-state index in [1.807, 2.05) is 11.3 Å². The highest BCUT2D eigenvalue weighted by atomic mass is 79.9. The molecule has 1 aromatic carbocycles. The fourth-order valence-electron chi connectivity index (χ4n) is 1.72. The maximum absolute atomic E-state index is 3.78. The zero-order valence-electron chi connectivity index (χ0n) is 9.53. The first kappa shape index (κ1) is 11.9. The number of hydrogen-bond acceptors (Lipinski definition) is 1. The predicted molar refractivity (Wildman–Crippen MR) is 75.6 cm³/mol. The van der Waals surface area contributed by atoms with Gasteiger partial charge in [0.2, 0.25) is 0 Å². The lowest BCUT2D eigenvalue weighted by Gasteiger charge is -2.10. The van der Waals surface area contributed by atoms with Gasteiger partial charge in [0.25, 0.3) is 0 Å². The van der Waals surface area contributed by atoms with Crippen LogP contribution in [0.15, 0.2) is 35.7 Å². The summed E-state index contributed by atoms with van der Waals surface area (Å²) in [6.07, 6.45) is 1.10. The highest BCUT2D eigenvalue weighted by Gasteiger charge is 2.13. The maximum Gasteiger partial charge on any atom is 0.0740 e. The quantitative estimate of drug-likeness (QED) is 0.691. The van der Waals surface area contributed by atoms with E-state index in [1.54, 1.807) is 0 Å². The van der Waals surface area contributed by atoms with E-state index in [2.05, 4.69) is 65.5 Å². The van der Waals surface area contributed by atoms with Crippen LogP contribution in [-0.2, 0) is 6.42 Å². The molecule has 1 atom stereocenters. The molecule has 0 fully saturated rings. The van der Waals surface area contributed by atoms with Crippen molar-refractivity contribution in [1.82, 2.24) is 0 Å². The second-order valence-electron chi connectivity index (χ2n) is 3.93.